The summed E-state index contributed by atoms with van der Waals surface area (Å²) in [6.07, 6.45) is 1.93. The van der Waals surface area contributed by atoms with Crippen LogP contribution in [0, 0.1) is 18.3 Å². The van der Waals surface area contributed by atoms with Gasteiger partial charge in [0.1, 0.15) is 5.15 Å². The Morgan fingerprint density at radius 2 is 2.46 bits per heavy atom. The van der Waals surface area contributed by atoms with Gasteiger partial charge in [0.15, 0.2) is 0 Å². The highest BCUT2D eigenvalue weighted by Gasteiger charge is 2.10. The minimum Gasteiger partial charge on any atom is -0.323 e. The molecule has 1 atom stereocenters. The van der Waals surface area contributed by atoms with Crippen LogP contribution in [0.2, 0.25) is 5.15 Å². The lowest BCUT2D eigenvalue weighted by Crippen LogP contribution is -2.10. The van der Waals surface area contributed by atoms with E-state index in [1.165, 1.54) is 0 Å². The summed E-state index contributed by atoms with van der Waals surface area (Å²) in [5.41, 5.74) is 7.46. The van der Waals surface area contributed by atoms with Crippen molar-refractivity contribution in [2.45, 2.75) is 19.4 Å². The fourth-order valence-electron chi connectivity index (χ4n) is 1.04. The molecule has 0 aliphatic heterocycles. The van der Waals surface area contributed by atoms with E-state index in [9.17, 15) is 0 Å². The summed E-state index contributed by atoms with van der Waals surface area (Å²) in [7, 11) is 0. The number of nitrogens with two attached hydrogens (primary N) is 1. The van der Waals surface area contributed by atoms with E-state index in [-0.39, 0.29) is 12.5 Å². The van der Waals surface area contributed by atoms with Gasteiger partial charge in [-0.3, -0.25) is 0 Å². The molecule has 2 N–H and O–H groups in total. The summed E-state index contributed by atoms with van der Waals surface area (Å²) in [4.78, 5) is 3.96. The first-order valence-electron chi connectivity index (χ1n) is 3.89. The normalized spacial score (nSPS) is 12.2. The molecule has 0 amide bonds. The molecule has 4 heteroatoms. The van der Waals surface area contributed by atoms with Gasteiger partial charge >= 0.3 is 0 Å². The second-order valence-corrected chi connectivity index (χ2v) is 3.22. The quantitative estimate of drug-likeness (QED) is 0.734. The Bertz CT molecular complexity index is 343. The van der Waals surface area contributed by atoms with E-state index in [0.29, 0.717) is 5.15 Å². The number of halogens is 1. The maximum atomic E-state index is 8.46. The molecule has 0 aliphatic carbocycles. The fraction of sp³-hybridized carbons (Fsp3) is 0.333. The van der Waals surface area contributed by atoms with Crippen molar-refractivity contribution < 1.29 is 0 Å². The molecule has 1 unspecified atom stereocenters. The molecular weight excluding hydrogens is 186 g/mol. The van der Waals surface area contributed by atoms with Gasteiger partial charge in [0.05, 0.1) is 12.5 Å². The van der Waals surface area contributed by atoms with E-state index in [0.717, 1.165) is 11.1 Å². The van der Waals surface area contributed by atoms with Crippen LogP contribution in [0.15, 0.2) is 12.3 Å². The smallest absolute Gasteiger partial charge is 0.133 e. The monoisotopic (exact) mass is 195 g/mol. The Morgan fingerprint density at radius 1 is 1.77 bits per heavy atom. The van der Waals surface area contributed by atoms with Gasteiger partial charge in [-0.25, -0.2) is 4.98 Å². The molecule has 68 valence electrons. The van der Waals surface area contributed by atoms with Crippen LogP contribution in [-0.4, -0.2) is 4.98 Å². The maximum absolute atomic E-state index is 8.46. The van der Waals surface area contributed by atoms with Crippen LogP contribution in [0.4, 0.5) is 0 Å². The molecular formula is C9H10ClN3. The van der Waals surface area contributed by atoms with Crippen LogP contribution < -0.4 is 5.73 Å². The van der Waals surface area contributed by atoms with E-state index in [1.54, 1.807) is 6.20 Å². The number of aryl methyl sites for hydroxylation is 1. The van der Waals surface area contributed by atoms with Gasteiger partial charge in [0.2, 0.25) is 0 Å². The molecule has 1 rings (SSSR count). The lowest BCUT2D eigenvalue weighted by molar-refractivity contribution is 0.743. The van der Waals surface area contributed by atoms with Crippen LogP contribution in [0.1, 0.15) is 23.6 Å². The van der Waals surface area contributed by atoms with E-state index in [4.69, 9.17) is 22.6 Å². The molecule has 0 spiro atoms. The van der Waals surface area contributed by atoms with Gasteiger partial charge in [-0.15, -0.1) is 0 Å². The molecule has 0 radical (unpaired) electrons. The molecule has 0 fully saturated rings. The van der Waals surface area contributed by atoms with Gasteiger partial charge in [-0.1, -0.05) is 11.6 Å². The molecule has 1 heterocycles. The van der Waals surface area contributed by atoms with Crippen LogP contribution in [0.3, 0.4) is 0 Å². The minimum absolute atomic E-state index is 0.255. The summed E-state index contributed by atoms with van der Waals surface area (Å²) in [6.45, 7) is 1.91. The van der Waals surface area contributed by atoms with Crippen molar-refractivity contribution in [3.05, 3.63) is 28.5 Å². The Morgan fingerprint density at radius 3 is 3.08 bits per heavy atom. The maximum Gasteiger partial charge on any atom is 0.133 e. The molecule has 3 nitrogen and oxygen atoms in total. The predicted molar refractivity (Wildman–Crippen MR) is 51.1 cm³/mol. The second-order valence-electron chi connectivity index (χ2n) is 2.86. The Kier molecular flexibility index (Phi) is 3.24. The number of hydrogen-bond donors (Lipinski definition) is 1. The minimum atomic E-state index is -0.343. The highest BCUT2D eigenvalue weighted by molar-refractivity contribution is 6.30. The van der Waals surface area contributed by atoms with E-state index in [2.05, 4.69) is 4.98 Å². The highest BCUT2D eigenvalue weighted by Crippen LogP contribution is 2.21. The Labute approximate surface area is 82.1 Å². The summed E-state index contributed by atoms with van der Waals surface area (Å²) in [6, 6.07) is 3.52. The van der Waals surface area contributed by atoms with E-state index >= 15 is 0 Å². The zero-order valence-corrected chi connectivity index (χ0v) is 8.04. The molecule has 0 aromatic carbocycles. The third-order valence-electron chi connectivity index (χ3n) is 1.71. The van der Waals surface area contributed by atoms with Gasteiger partial charge in [-0.2, -0.15) is 5.26 Å². The first-order valence-corrected chi connectivity index (χ1v) is 4.27. The fourth-order valence-corrected chi connectivity index (χ4v) is 1.29. The summed E-state index contributed by atoms with van der Waals surface area (Å²) >= 11 is 5.83. The third-order valence-corrected chi connectivity index (χ3v) is 2.03. The zero-order chi connectivity index (χ0) is 9.84. The van der Waals surface area contributed by atoms with Crippen LogP contribution in [-0.2, 0) is 0 Å². The van der Waals surface area contributed by atoms with Crippen molar-refractivity contribution in [2.75, 3.05) is 0 Å². The van der Waals surface area contributed by atoms with Crippen molar-refractivity contribution in [3.63, 3.8) is 0 Å². The van der Waals surface area contributed by atoms with E-state index in [1.807, 2.05) is 19.1 Å². The topological polar surface area (TPSA) is 62.7 Å². The Hall–Kier alpha value is -1.11. The average Bonchev–Trinajstić information content (AvgIpc) is 2.09. The van der Waals surface area contributed by atoms with Gasteiger partial charge in [0, 0.05) is 17.8 Å². The number of rotatable bonds is 2. The van der Waals surface area contributed by atoms with Crippen molar-refractivity contribution in [2.24, 2.45) is 5.73 Å². The number of aromatic nitrogens is 1. The lowest BCUT2D eigenvalue weighted by Gasteiger charge is -2.09. The van der Waals surface area contributed by atoms with Gasteiger partial charge in [0.25, 0.3) is 0 Å². The first-order chi connectivity index (χ1) is 6.15. The summed E-state index contributed by atoms with van der Waals surface area (Å²) in [5, 5.41) is 8.85. The third kappa shape index (κ3) is 2.41. The molecule has 0 bridgehead atoms. The molecule has 0 saturated heterocycles. The first kappa shape index (κ1) is 9.97. The SMILES string of the molecule is Cc1cnc(Cl)c(C(N)CC#N)c1. The standard InChI is InChI=1S/C9H10ClN3/c1-6-4-7(8(12)2-3-11)9(10)13-5-6/h4-5,8H,2,12H2,1H3. The predicted octanol–water partition coefficient (Wildman–Crippen LogP) is 1.96. The largest absolute Gasteiger partial charge is 0.323 e. The van der Waals surface area contributed by atoms with Crippen LogP contribution in [0.25, 0.3) is 0 Å². The summed E-state index contributed by atoms with van der Waals surface area (Å²) in [5.74, 6) is 0. The number of nitriles is 1. The summed E-state index contributed by atoms with van der Waals surface area (Å²) < 4.78 is 0. The van der Waals surface area contributed by atoms with Gasteiger partial charge in [-0.05, 0) is 18.6 Å². The van der Waals surface area contributed by atoms with Gasteiger partial charge < -0.3 is 5.73 Å². The van der Waals surface area contributed by atoms with Crippen molar-refractivity contribution in [3.8, 4) is 6.07 Å². The lowest BCUT2D eigenvalue weighted by atomic mass is 10.1. The number of hydrogen-bond acceptors (Lipinski definition) is 3. The zero-order valence-electron chi connectivity index (χ0n) is 7.29. The number of pyridine rings is 1. The van der Waals surface area contributed by atoms with Crippen molar-refractivity contribution in [1.29, 1.82) is 5.26 Å². The molecule has 0 aliphatic rings. The average molecular weight is 196 g/mol. The van der Waals surface area contributed by atoms with Crippen molar-refractivity contribution >= 4 is 11.6 Å². The molecule has 1 aromatic rings. The van der Waals surface area contributed by atoms with E-state index < -0.39 is 0 Å². The molecule has 0 saturated carbocycles. The molecule has 13 heavy (non-hydrogen) atoms. The highest BCUT2D eigenvalue weighted by atomic mass is 35.5. The molecule has 1 aromatic heterocycles. The van der Waals surface area contributed by atoms with Crippen molar-refractivity contribution in [1.82, 2.24) is 4.98 Å². The second kappa shape index (κ2) is 4.22. The Balaban J connectivity index is 3.00. The number of nitrogens with zero attached hydrogens (tertiary/aromatic N) is 2. The van der Waals surface area contributed by atoms with Crippen LogP contribution >= 0.6 is 11.6 Å². The van der Waals surface area contributed by atoms with Crippen LogP contribution in [0.5, 0.6) is 0 Å².